The molecule has 1 aromatic carbocycles. The van der Waals surface area contributed by atoms with Gasteiger partial charge in [0.05, 0.1) is 12.6 Å². The Labute approximate surface area is 157 Å². The first-order valence-corrected chi connectivity index (χ1v) is 8.94. The van der Waals surface area contributed by atoms with Gasteiger partial charge in [0.2, 0.25) is 5.91 Å². The average molecular weight is 380 g/mol. The summed E-state index contributed by atoms with van der Waals surface area (Å²) < 4.78 is 15.9. The smallest absolute Gasteiger partial charge is 0.236 e. The fourth-order valence-corrected chi connectivity index (χ4v) is 3.41. The fourth-order valence-electron chi connectivity index (χ4n) is 3.19. The molecule has 8 heteroatoms. The van der Waals surface area contributed by atoms with Crippen LogP contribution in [0.3, 0.4) is 0 Å². The fraction of sp³-hybridized carbons (Fsp3) is 0.444. The highest BCUT2D eigenvalue weighted by Gasteiger charge is 2.29. The molecule has 1 aromatic heterocycles. The van der Waals surface area contributed by atoms with E-state index in [1.165, 1.54) is 11.0 Å². The maximum atomic E-state index is 14.0. The Kier molecular flexibility index (Phi) is 5.90. The average Bonchev–Trinajstić information content (AvgIpc) is 3.04. The predicted octanol–water partition coefficient (Wildman–Crippen LogP) is 1.82. The topological polar surface area (TPSA) is 53.4 Å². The summed E-state index contributed by atoms with van der Waals surface area (Å²) in [4.78, 5) is 20.8. The third kappa shape index (κ3) is 4.06. The molecular weight excluding hydrogens is 357 g/mol. The van der Waals surface area contributed by atoms with Gasteiger partial charge >= 0.3 is 0 Å². The lowest BCUT2D eigenvalue weighted by Crippen LogP contribution is -2.50. The summed E-state index contributed by atoms with van der Waals surface area (Å²) in [6.07, 6.45) is 3.66. The van der Waals surface area contributed by atoms with Gasteiger partial charge in [-0.2, -0.15) is 0 Å². The van der Waals surface area contributed by atoms with E-state index in [2.05, 4.69) is 15.2 Å². The molecule has 1 aliphatic heterocycles. The van der Waals surface area contributed by atoms with E-state index in [0.29, 0.717) is 10.6 Å². The largest absolute Gasteiger partial charge is 0.340 e. The molecule has 0 saturated carbocycles. The Morgan fingerprint density at radius 3 is 3.00 bits per heavy atom. The number of rotatable bonds is 5. The Hall–Kier alpha value is -1.96. The van der Waals surface area contributed by atoms with Crippen molar-refractivity contribution < 1.29 is 9.18 Å². The number of amides is 1. The quantitative estimate of drug-likeness (QED) is 0.861. The highest BCUT2D eigenvalue weighted by atomic mass is 35.5. The minimum absolute atomic E-state index is 0.0261. The zero-order valence-corrected chi connectivity index (χ0v) is 15.7. The van der Waals surface area contributed by atoms with E-state index in [4.69, 9.17) is 11.6 Å². The number of imidazole rings is 1. The lowest BCUT2D eigenvalue weighted by atomic mass is 10.1. The maximum Gasteiger partial charge on any atom is 0.236 e. The van der Waals surface area contributed by atoms with E-state index in [9.17, 15) is 9.18 Å². The van der Waals surface area contributed by atoms with Gasteiger partial charge in [-0.25, -0.2) is 9.37 Å². The number of likely N-dealkylation sites (N-methyl/N-ethyl adjacent to an activating group) is 1. The van der Waals surface area contributed by atoms with Crippen LogP contribution in [0.25, 0.3) is 0 Å². The molecule has 6 nitrogen and oxygen atoms in total. The third-order valence-corrected chi connectivity index (χ3v) is 5.09. The predicted molar refractivity (Wildman–Crippen MR) is 98.3 cm³/mol. The number of hydrogen-bond donors (Lipinski definition) is 1. The molecule has 0 bridgehead atoms. The second-order valence-corrected chi connectivity index (χ2v) is 6.94. The summed E-state index contributed by atoms with van der Waals surface area (Å²) in [7, 11) is 3.62. The van der Waals surface area contributed by atoms with Crippen molar-refractivity contribution in [1.29, 1.82) is 0 Å². The van der Waals surface area contributed by atoms with Crippen molar-refractivity contribution in [1.82, 2.24) is 24.7 Å². The van der Waals surface area contributed by atoms with Gasteiger partial charge in [0, 0.05) is 63.3 Å². The van der Waals surface area contributed by atoms with Crippen LogP contribution in [0.5, 0.6) is 0 Å². The van der Waals surface area contributed by atoms with Crippen molar-refractivity contribution in [3.8, 4) is 0 Å². The van der Waals surface area contributed by atoms with Crippen LogP contribution in [-0.2, 0) is 18.4 Å². The summed E-state index contributed by atoms with van der Waals surface area (Å²) in [6, 6.07) is 4.57. The summed E-state index contributed by atoms with van der Waals surface area (Å²) in [5.74, 6) is 0.445. The van der Waals surface area contributed by atoms with Gasteiger partial charge < -0.3 is 14.8 Å². The minimum atomic E-state index is -0.398. The van der Waals surface area contributed by atoms with Crippen LogP contribution in [0, 0.1) is 5.82 Å². The summed E-state index contributed by atoms with van der Waals surface area (Å²) in [5, 5.41) is 3.68. The van der Waals surface area contributed by atoms with Crippen LogP contribution in [0.2, 0.25) is 5.02 Å². The standard InChI is InChI=1S/C18H23ClFN5O/c1-23-8-7-22-18(23)16-10-21-6-9-25(16)12-17(26)24(2)11-13-14(19)4-3-5-15(13)20/h3-5,7-8,16,21H,6,9-12H2,1-2H3. The van der Waals surface area contributed by atoms with Crippen LogP contribution < -0.4 is 5.32 Å². The van der Waals surface area contributed by atoms with E-state index in [1.54, 1.807) is 25.4 Å². The van der Waals surface area contributed by atoms with Gasteiger partial charge in [0.1, 0.15) is 11.6 Å². The first-order chi connectivity index (χ1) is 12.5. The molecule has 1 amide bonds. The molecule has 1 fully saturated rings. The molecule has 2 heterocycles. The number of nitrogens with zero attached hydrogens (tertiary/aromatic N) is 4. The molecule has 140 valence electrons. The number of halogens is 2. The highest BCUT2D eigenvalue weighted by molar-refractivity contribution is 6.31. The SMILES string of the molecule is CN(Cc1c(F)cccc1Cl)C(=O)CN1CCNCC1c1nccn1C. The van der Waals surface area contributed by atoms with E-state index in [0.717, 1.165) is 25.5 Å². The number of benzene rings is 1. The normalized spacial score (nSPS) is 18.1. The van der Waals surface area contributed by atoms with Crippen LogP contribution in [0.1, 0.15) is 17.4 Å². The van der Waals surface area contributed by atoms with Gasteiger partial charge in [-0.05, 0) is 12.1 Å². The number of carbonyl (C=O) groups excluding carboxylic acids is 1. The molecule has 0 aliphatic carbocycles. The second-order valence-electron chi connectivity index (χ2n) is 6.54. The molecule has 1 unspecified atom stereocenters. The zero-order valence-electron chi connectivity index (χ0n) is 15.0. The first kappa shape index (κ1) is 18.8. The lowest BCUT2D eigenvalue weighted by Gasteiger charge is -2.36. The van der Waals surface area contributed by atoms with Crippen molar-refractivity contribution in [2.45, 2.75) is 12.6 Å². The van der Waals surface area contributed by atoms with Crippen LogP contribution in [-0.4, -0.2) is 58.5 Å². The van der Waals surface area contributed by atoms with Crippen LogP contribution in [0.4, 0.5) is 4.39 Å². The third-order valence-electron chi connectivity index (χ3n) is 4.73. The Balaban J connectivity index is 1.68. The van der Waals surface area contributed by atoms with Gasteiger partial charge in [-0.15, -0.1) is 0 Å². The molecule has 26 heavy (non-hydrogen) atoms. The Morgan fingerprint density at radius 2 is 2.31 bits per heavy atom. The first-order valence-electron chi connectivity index (χ1n) is 8.56. The summed E-state index contributed by atoms with van der Waals surface area (Å²) in [6.45, 7) is 2.70. The highest BCUT2D eigenvalue weighted by Crippen LogP contribution is 2.22. The monoisotopic (exact) mass is 379 g/mol. The molecular formula is C18H23ClFN5O. The molecule has 1 aliphatic rings. The van der Waals surface area contributed by atoms with E-state index < -0.39 is 5.82 Å². The zero-order chi connectivity index (χ0) is 18.7. The second kappa shape index (κ2) is 8.16. The Bertz CT molecular complexity index is 760. The maximum absolute atomic E-state index is 14.0. The van der Waals surface area contributed by atoms with Crippen molar-refractivity contribution in [2.24, 2.45) is 7.05 Å². The summed E-state index contributed by atoms with van der Waals surface area (Å²) in [5.41, 5.74) is 0.339. The van der Waals surface area contributed by atoms with E-state index >= 15 is 0 Å². The number of aromatic nitrogens is 2. The van der Waals surface area contributed by atoms with E-state index in [-0.39, 0.29) is 25.0 Å². The molecule has 3 rings (SSSR count). The van der Waals surface area contributed by atoms with Gasteiger partial charge in [-0.1, -0.05) is 17.7 Å². The molecule has 1 saturated heterocycles. The molecule has 1 atom stereocenters. The van der Waals surface area contributed by atoms with Crippen LogP contribution >= 0.6 is 11.6 Å². The molecule has 0 radical (unpaired) electrons. The van der Waals surface area contributed by atoms with Crippen molar-refractivity contribution in [3.05, 3.63) is 52.8 Å². The van der Waals surface area contributed by atoms with E-state index in [1.807, 2.05) is 17.8 Å². The number of hydrogen-bond acceptors (Lipinski definition) is 4. The number of carbonyl (C=O) groups is 1. The lowest BCUT2D eigenvalue weighted by molar-refractivity contribution is -0.132. The minimum Gasteiger partial charge on any atom is -0.340 e. The van der Waals surface area contributed by atoms with Crippen LogP contribution in [0.15, 0.2) is 30.6 Å². The summed E-state index contributed by atoms with van der Waals surface area (Å²) >= 11 is 6.07. The van der Waals surface area contributed by atoms with Gasteiger partial charge in [0.15, 0.2) is 0 Å². The number of aryl methyl sites for hydroxylation is 1. The molecule has 1 N–H and O–H groups in total. The number of nitrogens with one attached hydrogen (secondary N) is 1. The van der Waals surface area contributed by atoms with Crippen molar-refractivity contribution in [2.75, 3.05) is 33.2 Å². The van der Waals surface area contributed by atoms with Gasteiger partial charge in [-0.3, -0.25) is 9.69 Å². The molecule has 2 aromatic rings. The molecule has 0 spiro atoms. The van der Waals surface area contributed by atoms with Crippen molar-refractivity contribution >= 4 is 17.5 Å². The van der Waals surface area contributed by atoms with Gasteiger partial charge in [0.25, 0.3) is 0 Å². The number of piperazine rings is 1. The Morgan fingerprint density at radius 1 is 1.50 bits per heavy atom. The van der Waals surface area contributed by atoms with Crippen molar-refractivity contribution in [3.63, 3.8) is 0 Å².